The highest BCUT2D eigenvalue weighted by Crippen LogP contribution is 2.00. The molecule has 0 N–H and O–H groups in total. The van der Waals surface area contributed by atoms with Crippen LogP contribution in [0.15, 0.2) is 24.3 Å². The summed E-state index contributed by atoms with van der Waals surface area (Å²) in [5.41, 5.74) is 0. The lowest BCUT2D eigenvalue weighted by Gasteiger charge is -2.00. The van der Waals surface area contributed by atoms with Crippen LogP contribution in [0.5, 0.6) is 0 Å². The fourth-order valence-corrected chi connectivity index (χ4v) is 1.20. The summed E-state index contributed by atoms with van der Waals surface area (Å²) in [6.07, 6.45) is 11.6. The molecule has 0 rings (SSSR count). The Kier molecular flexibility index (Phi) is 10.2. The van der Waals surface area contributed by atoms with Gasteiger partial charge in [-0.3, -0.25) is 9.59 Å². The number of carbonyl (C=O) groups excluding carboxylic acids is 2. The molecule has 0 fully saturated rings. The zero-order valence-electron chi connectivity index (χ0n) is 10.8. The minimum atomic E-state index is -0.435. The molecule has 0 aromatic heterocycles. The van der Waals surface area contributed by atoms with Gasteiger partial charge in [0, 0.05) is 12.8 Å². The lowest BCUT2D eigenvalue weighted by atomic mass is 10.2. The van der Waals surface area contributed by atoms with Crippen molar-refractivity contribution in [2.75, 3.05) is 0 Å². The van der Waals surface area contributed by atoms with E-state index in [0.717, 1.165) is 12.8 Å². The van der Waals surface area contributed by atoms with Crippen LogP contribution in [0.25, 0.3) is 0 Å². The quantitative estimate of drug-likeness (QED) is 0.369. The zero-order valence-corrected chi connectivity index (χ0v) is 10.8. The fraction of sp³-hybridized carbons (Fsp3) is 0.571. The van der Waals surface area contributed by atoms with E-state index in [2.05, 4.69) is 4.74 Å². The normalized spacial score (nSPS) is 11.2. The van der Waals surface area contributed by atoms with Crippen LogP contribution in [0.2, 0.25) is 0 Å². The molecule has 0 aliphatic rings. The topological polar surface area (TPSA) is 43.4 Å². The first-order valence-electron chi connectivity index (χ1n) is 6.24. The highest BCUT2D eigenvalue weighted by Gasteiger charge is 2.08. The largest absolute Gasteiger partial charge is 0.393 e. The minimum absolute atomic E-state index is 0.271. The molecule has 0 radical (unpaired) electrons. The van der Waals surface area contributed by atoms with E-state index in [0.29, 0.717) is 12.8 Å². The summed E-state index contributed by atoms with van der Waals surface area (Å²) in [6, 6.07) is 0. The fourth-order valence-electron chi connectivity index (χ4n) is 1.20. The van der Waals surface area contributed by atoms with Gasteiger partial charge in [0.05, 0.1) is 0 Å². The first-order valence-corrected chi connectivity index (χ1v) is 6.24. The van der Waals surface area contributed by atoms with Crippen LogP contribution in [-0.2, 0) is 14.3 Å². The Bertz CT molecular complexity index is 249. The summed E-state index contributed by atoms with van der Waals surface area (Å²) >= 11 is 0. The summed E-state index contributed by atoms with van der Waals surface area (Å²) < 4.78 is 4.67. The van der Waals surface area contributed by atoms with Crippen LogP contribution < -0.4 is 0 Å². The van der Waals surface area contributed by atoms with E-state index in [4.69, 9.17) is 0 Å². The minimum Gasteiger partial charge on any atom is -0.393 e. The molecule has 0 amide bonds. The van der Waals surface area contributed by atoms with Gasteiger partial charge in [0.2, 0.25) is 0 Å². The van der Waals surface area contributed by atoms with Crippen molar-refractivity contribution >= 4 is 11.9 Å². The van der Waals surface area contributed by atoms with Crippen molar-refractivity contribution in [2.24, 2.45) is 0 Å². The van der Waals surface area contributed by atoms with Crippen molar-refractivity contribution in [3.63, 3.8) is 0 Å². The Labute approximate surface area is 104 Å². The van der Waals surface area contributed by atoms with Crippen molar-refractivity contribution in [1.82, 2.24) is 0 Å². The van der Waals surface area contributed by atoms with Crippen molar-refractivity contribution in [2.45, 2.75) is 52.4 Å². The van der Waals surface area contributed by atoms with Gasteiger partial charge in [-0.05, 0) is 25.7 Å². The van der Waals surface area contributed by atoms with E-state index >= 15 is 0 Å². The maximum atomic E-state index is 11.2. The molecule has 0 aliphatic heterocycles. The SMILES string of the molecule is CCC=CCCC(=O)OC(=O)CCC=CCC. The molecule has 96 valence electrons. The lowest BCUT2D eigenvalue weighted by molar-refractivity contribution is -0.159. The molecule has 0 atom stereocenters. The first kappa shape index (κ1) is 15.6. The number of allylic oxidation sites excluding steroid dienone is 4. The maximum Gasteiger partial charge on any atom is 0.313 e. The van der Waals surface area contributed by atoms with Crippen molar-refractivity contribution in [3.05, 3.63) is 24.3 Å². The Morgan fingerprint density at radius 2 is 1.24 bits per heavy atom. The van der Waals surface area contributed by atoms with Crippen LogP contribution in [0.4, 0.5) is 0 Å². The molecule has 0 aromatic carbocycles. The highest BCUT2D eigenvalue weighted by atomic mass is 16.6. The van der Waals surface area contributed by atoms with Crippen molar-refractivity contribution in [1.29, 1.82) is 0 Å². The van der Waals surface area contributed by atoms with Crippen molar-refractivity contribution in [3.8, 4) is 0 Å². The van der Waals surface area contributed by atoms with E-state index in [-0.39, 0.29) is 12.8 Å². The van der Waals surface area contributed by atoms with Gasteiger partial charge in [0.1, 0.15) is 0 Å². The molecular weight excluding hydrogens is 216 g/mol. The predicted molar refractivity (Wildman–Crippen MR) is 68.4 cm³/mol. The van der Waals surface area contributed by atoms with E-state index in [1.165, 1.54) is 0 Å². The lowest BCUT2D eigenvalue weighted by Crippen LogP contribution is -2.11. The van der Waals surface area contributed by atoms with E-state index in [9.17, 15) is 9.59 Å². The molecule has 0 heterocycles. The van der Waals surface area contributed by atoms with E-state index < -0.39 is 11.9 Å². The molecule has 0 aliphatic carbocycles. The van der Waals surface area contributed by atoms with Gasteiger partial charge >= 0.3 is 11.9 Å². The first-order chi connectivity index (χ1) is 8.20. The van der Waals surface area contributed by atoms with E-state index in [1.54, 1.807) is 0 Å². The summed E-state index contributed by atoms with van der Waals surface area (Å²) in [7, 11) is 0. The van der Waals surface area contributed by atoms with Crippen LogP contribution in [0, 0.1) is 0 Å². The molecule has 0 aromatic rings. The Morgan fingerprint density at radius 1 is 0.824 bits per heavy atom. The van der Waals surface area contributed by atoms with Crippen LogP contribution in [-0.4, -0.2) is 11.9 Å². The third kappa shape index (κ3) is 10.9. The van der Waals surface area contributed by atoms with Gasteiger partial charge < -0.3 is 4.74 Å². The van der Waals surface area contributed by atoms with Crippen molar-refractivity contribution < 1.29 is 14.3 Å². The predicted octanol–water partition coefficient (Wildman–Crippen LogP) is 3.55. The molecule has 3 nitrogen and oxygen atoms in total. The second-order valence-electron chi connectivity index (χ2n) is 3.68. The molecule has 17 heavy (non-hydrogen) atoms. The summed E-state index contributed by atoms with van der Waals surface area (Å²) in [5, 5.41) is 0. The molecule has 0 saturated carbocycles. The average molecular weight is 238 g/mol. The monoisotopic (exact) mass is 238 g/mol. The van der Waals surface area contributed by atoms with Gasteiger partial charge in [0.25, 0.3) is 0 Å². The van der Waals surface area contributed by atoms with Gasteiger partial charge in [-0.25, -0.2) is 0 Å². The summed E-state index contributed by atoms with van der Waals surface area (Å²) in [4.78, 5) is 22.4. The smallest absolute Gasteiger partial charge is 0.313 e. The molecular formula is C14H22O3. The third-order valence-corrected chi connectivity index (χ3v) is 2.06. The second-order valence-corrected chi connectivity index (χ2v) is 3.68. The summed E-state index contributed by atoms with van der Waals surface area (Å²) in [5.74, 6) is -0.870. The molecule has 0 bridgehead atoms. The second kappa shape index (κ2) is 11.1. The number of hydrogen-bond acceptors (Lipinski definition) is 3. The number of rotatable bonds is 8. The zero-order chi connectivity index (χ0) is 12.9. The summed E-state index contributed by atoms with van der Waals surface area (Å²) in [6.45, 7) is 4.06. The Morgan fingerprint density at radius 3 is 1.59 bits per heavy atom. The Hall–Kier alpha value is -1.38. The number of ether oxygens (including phenoxy) is 1. The number of esters is 2. The molecule has 0 unspecified atom stereocenters. The van der Waals surface area contributed by atoms with Gasteiger partial charge in [-0.15, -0.1) is 0 Å². The third-order valence-electron chi connectivity index (χ3n) is 2.06. The maximum absolute atomic E-state index is 11.2. The molecule has 0 spiro atoms. The molecule has 0 saturated heterocycles. The molecule has 3 heteroatoms. The number of hydrogen-bond donors (Lipinski definition) is 0. The average Bonchev–Trinajstić information content (AvgIpc) is 2.30. The van der Waals surface area contributed by atoms with Crippen LogP contribution >= 0.6 is 0 Å². The van der Waals surface area contributed by atoms with Gasteiger partial charge in [0.15, 0.2) is 0 Å². The van der Waals surface area contributed by atoms with Crippen LogP contribution in [0.1, 0.15) is 52.4 Å². The Balaban J connectivity index is 3.62. The van der Waals surface area contributed by atoms with Gasteiger partial charge in [-0.2, -0.15) is 0 Å². The number of carbonyl (C=O) groups is 2. The van der Waals surface area contributed by atoms with E-state index in [1.807, 2.05) is 38.2 Å². The van der Waals surface area contributed by atoms with Gasteiger partial charge in [-0.1, -0.05) is 38.2 Å². The van der Waals surface area contributed by atoms with Crippen LogP contribution in [0.3, 0.4) is 0 Å². The standard InChI is InChI=1S/C14H22O3/c1-3-5-7-9-11-13(15)17-14(16)12-10-8-6-4-2/h5-8H,3-4,9-12H2,1-2H3. The highest BCUT2D eigenvalue weighted by molar-refractivity contribution is 5.85.